The second kappa shape index (κ2) is 11.5. The molecule has 1 amide bonds. The number of anilines is 1. The monoisotopic (exact) mass is 564 g/mol. The van der Waals surface area contributed by atoms with Crippen LogP contribution in [-0.2, 0) is 33.2 Å². The summed E-state index contributed by atoms with van der Waals surface area (Å²) in [6, 6.07) is 4.24. The molecule has 39 heavy (non-hydrogen) atoms. The van der Waals surface area contributed by atoms with Crippen LogP contribution in [-0.4, -0.2) is 44.0 Å². The summed E-state index contributed by atoms with van der Waals surface area (Å²) >= 11 is 0. The number of fused-ring (bicyclic) bond motifs is 1. The maximum Gasteiger partial charge on any atom is 0.533 e. The molecule has 2 atom stereocenters. The molecule has 0 saturated heterocycles. The van der Waals surface area contributed by atoms with Crippen molar-refractivity contribution < 1.29 is 55.0 Å². The van der Waals surface area contributed by atoms with E-state index in [-0.39, 0.29) is 24.8 Å². The fourth-order valence-electron chi connectivity index (χ4n) is 4.29. The van der Waals surface area contributed by atoms with Crippen LogP contribution in [0.2, 0.25) is 0 Å². The average molecular weight is 564 g/mol. The molecule has 3 rings (SSSR count). The Hall–Kier alpha value is -3.84. The molecule has 2 aromatic rings. The van der Waals surface area contributed by atoms with Crippen LogP contribution in [0.25, 0.3) is 0 Å². The molecule has 0 N–H and O–H groups in total. The van der Waals surface area contributed by atoms with E-state index in [1.165, 1.54) is 18.2 Å². The summed E-state index contributed by atoms with van der Waals surface area (Å²) in [6.45, 7) is 2.64. The van der Waals surface area contributed by atoms with Gasteiger partial charge in [0.15, 0.2) is 0 Å². The second-order valence-corrected chi connectivity index (χ2v) is 8.64. The lowest BCUT2D eigenvalue weighted by Gasteiger charge is -2.42. The van der Waals surface area contributed by atoms with Gasteiger partial charge in [0.25, 0.3) is 0 Å². The van der Waals surface area contributed by atoms with Gasteiger partial charge in [0.1, 0.15) is 5.75 Å². The molecule has 1 heterocycles. The highest BCUT2D eigenvalue weighted by Gasteiger charge is 2.40. The van der Waals surface area contributed by atoms with Gasteiger partial charge in [-0.25, -0.2) is 9.59 Å². The number of rotatable bonds is 6. The summed E-state index contributed by atoms with van der Waals surface area (Å²) in [4.78, 5) is 31.3. The van der Waals surface area contributed by atoms with Crippen molar-refractivity contribution in [2.24, 2.45) is 0 Å². The molecule has 0 bridgehead atoms. The van der Waals surface area contributed by atoms with Crippen LogP contribution in [0.4, 0.5) is 41.6 Å². The standard InChI is InChI=1S/C25H26F6N2O6/c1-5-38-23(35)39-33-14(2)8-20(19-7-6-18(36-3)12-21(19)33)32(22(34)37-4)13-15-9-16(24(26,27)28)11-17(10-15)25(29,30)31/h6-7,9-12,14,20H,5,8,13H2,1-4H3/t14-,20+/m1/s1. The van der Waals surface area contributed by atoms with Gasteiger partial charge in [-0.2, -0.15) is 31.4 Å². The lowest BCUT2D eigenvalue weighted by molar-refractivity contribution is -0.143. The third-order valence-corrected chi connectivity index (χ3v) is 6.02. The van der Waals surface area contributed by atoms with Crippen molar-refractivity contribution in [2.45, 2.75) is 51.2 Å². The fourth-order valence-corrected chi connectivity index (χ4v) is 4.29. The molecule has 1 aliphatic rings. The van der Waals surface area contributed by atoms with E-state index in [1.807, 2.05) is 0 Å². The van der Waals surface area contributed by atoms with Crippen molar-refractivity contribution in [1.29, 1.82) is 0 Å². The Labute approximate surface area is 219 Å². The van der Waals surface area contributed by atoms with Crippen molar-refractivity contribution in [2.75, 3.05) is 25.9 Å². The van der Waals surface area contributed by atoms with Crippen molar-refractivity contribution in [3.63, 3.8) is 0 Å². The van der Waals surface area contributed by atoms with Crippen molar-refractivity contribution >= 4 is 17.9 Å². The molecule has 14 heteroatoms. The zero-order valence-corrected chi connectivity index (χ0v) is 21.4. The maximum atomic E-state index is 13.4. The Morgan fingerprint density at radius 1 is 1.00 bits per heavy atom. The smallest absolute Gasteiger partial charge is 0.497 e. The highest BCUT2D eigenvalue weighted by molar-refractivity contribution is 5.71. The number of amides is 1. The number of carbonyl (C=O) groups excluding carboxylic acids is 2. The van der Waals surface area contributed by atoms with Gasteiger partial charge in [0, 0.05) is 18.2 Å². The van der Waals surface area contributed by atoms with Crippen molar-refractivity contribution in [3.05, 3.63) is 58.7 Å². The molecule has 0 fully saturated rings. The number of alkyl halides is 6. The van der Waals surface area contributed by atoms with Gasteiger partial charge in [-0.05, 0) is 50.1 Å². The van der Waals surface area contributed by atoms with Crippen LogP contribution in [0.1, 0.15) is 48.6 Å². The lowest BCUT2D eigenvalue weighted by atomic mass is 9.91. The second-order valence-electron chi connectivity index (χ2n) is 8.64. The summed E-state index contributed by atoms with van der Waals surface area (Å²) < 4.78 is 95.5. The normalized spacial score (nSPS) is 17.2. The lowest BCUT2D eigenvalue weighted by Crippen LogP contribution is -2.45. The van der Waals surface area contributed by atoms with E-state index in [1.54, 1.807) is 26.0 Å². The number of benzene rings is 2. The Balaban J connectivity index is 2.10. The molecule has 1 aliphatic heterocycles. The molecule has 0 aromatic heterocycles. The summed E-state index contributed by atoms with van der Waals surface area (Å²) in [6.07, 6.45) is -12.0. The van der Waals surface area contributed by atoms with Crippen LogP contribution < -0.4 is 9.80 Å². The third-order valence-electron chi connectivity index (χ3n) is 6.02. The van der Waals surface area contributed by atoms with Gasteiger partial charge in [-0.15, -0.1) is 0 Å². The molecule has 0 aliphatic carbocycles. The number of halogens is 6. The molecule has 0 spiro atoms. The van der Waals surface area contributed by atoms with E-state index < -0.39 is 59.9 Å². The molecule has 0 unspecified atom stereocenters. The van der Waals surface area contributed by atoms with E-state index in [4.69, 9.17) is 19.0 Å². The first-order chi connectivity index (χ1) is 18.2. The number of hydroxylamine groups is 1. The SMILES string of the molecule is CCOC(=O)ON1c2cc(OC)ccc2[C@@H](N(Cc2cc(C(F)(F)F)cc(C(F)(F)F)c2)C(=O)OC)C[C@H]1C. The Morgan fingerprint density at radius 2 is 1.62 bits per heavy atom. The van der Waals surface area contributed by atoms with Crippen LogP contribution in [0.3, 0.4) is 0 Å². The van der Waals surface area contributed by atoms with E-state index >= 15 is 0 Å². The molecule has 0 radical (unpaired) electrons. The van der Waals surface area contributed by atoms with Crippen LogP contribution in [0.5, 0.6) is 5.75 Å². The van der Waals surface area contributed by atoms with Crippen LogP contribution in [0, 0.1) is 0 Å². The number of carbonyl (C=O) groups is 2. The van der Waals surface area contributed by atoms with Crippen molar-refractivity contribution in [3.8, 4) is 5.75 Å². The first-order valence-corrected chi connectivity index (χ1v) is 11.6. The first kappa shape index (κ1) is 29.7. The van der Waals surface area contributed by atoms with E-state index in [0.29, 0.717) is 23.4 Å². The maximum absolute atomic E-state index is 13.4. The summed E-state index contributed by atoms with van der Waals surface area (Å²) in [5.41, 5.74) is -2.76. The zero-order chi connectivity index (χ0) is 29.1. The Bertz CT molecular complexity index is 1170. The van der Waals surface area contributed by atoms with Crippen LogP contribution in [0.15, 0.2) is 36.4 Å². The molecular formula is C25H26F6N2O6. The number of hydrogen-bond acceptors (Lipinski definition) is 7. The number of hydrogen-bond donors (Lipinski definition) is 0. The predicted molar refractivity (Wildman–Crippen MR) is 125 cm³/mol. The highest BCUT2D eigenvalue weighted by Crippen LogP contribution is 2.44. The fraction of sp³-hybridized carbons (Fsp3) is 0.440. The van der Waals surface area contributed by atoms with Gasteiger partial charge < -0.3 is 19.0 Å². The van der Waals surface area contributed by atoms with Gasteiger partial charge in [0.2, 0.25) is 0 Å². The van der Waals surface area contributed by atoms with Gasteiger partial charge in [0.05, 0.1) is 49.7 Å². The minimum atomic E-state index is -5.06. The molecule has 214 valence electrons. The summed E-state index contributed by atoms with van der Waals surface area (Å²) in [5.74, 6) is 0.358. The Kier molecular flexibility index (Phi) is 8.76. The summed E-state index contributed by atoms with van der Waals surface area (Å²) in [7, 11) is 2.44. The van der Waals surface area contributed by atoms with E-state index in [9.17, 15) is 35.9 Å². The molecule has 0 saturated carbocycles. The molecule has 2 aromatic carbocycles. The molecular weight excluding hydrogens is 538 g/mol. The average Bonchev–Trinajstić information content (AvgIpc) is 2.87. The first-order valence-electron chi connectivity index (χ1n) is 11.6. The van der Waals surface area contributed by atoms with E-state index in [2.05, 4.69) is 0 Å². The Morgan fingerprint density at radius 3 is 2.13 bits per heavy atom. The van der Waals surface area contributed by atoms with Crippen LogP contribution >= 0.6 is 0 Å². The van der Waals surface area contributed by atoms with Crippen molar-refractivity contribution in [1.82, 2.24) is 4.90 Å². The zero-order valence-electron chi connectivity index (χ0n) is 21.4. The number of methoxy groups -OCH3 is 2. The highest BCUT2D eigenvalue weighted by atomic mass is 19.4. The molecule has 8 nitrogen and oxygen atoms in total. The number of ether oxygens (including phenoxy) is 3. The van der Waals surface area contributed by atoms with E-state index in [0.717, 1.165) is 12.0 Å². The quantitative estimate of drug-likeness (QED) is 0.285. The van der Waals surface area contributed by atoms with Gasteiger partial charge >= 0.3 is 24.6 Å². The number of nitrogens with zero attached hydrogens (tertiary/aromatic N) is 2. The topological polar surface area (TPSA) is 77.5 Å². The largest absolute Gasteiger partial charge is 0.533 e. The summed E-state index contributed by atoms with van der Waals surface area (Å²) in [5, 5.41) is 1.24. The third kappa shape index (κ3) is 6.79. The minimum absolute atomic E-state index is 0.0147. The predicted octanol–water partition coefficient (Wildman–Crippen LogP) is 6.73. The van der Waals surface area contributed by atoms with Gasteiger partial charge in [-0.1, -0.05) is 6.07 Å². The van der Waals surface area contributed by atoms with Gasteiger partial charge in [-0.3, -0.25) is 4.90 Å². The minimum Gasteiger partial charge on any atom is -0.497 e.